The van der Waals surface area contributed by atoms with Crippen molar-refractivity contribution in [2.45, 2.75) is 71.4 Å². The molecule has 0 amide bonds. The van der Waals surface area contributed by atoms with Gasteiger partial charge in [-0.2, -0.15) is 0 Å². The number of ether oxygens (including phenoxy) is 1. The molecule has 0 aromatic rings. The van der Waals surface area contributed by atoms with Crippen LogP contribution >= 0.6 is 0 Å². The molecule has 0 unspecified atom stereocenters. The quantitative estimate of drug-likeness (QED) is 0.657. The molecule has 17 heavy (non-hydrogen) atoms. The van der Waals surface area contributed by atoms with Crippen molar-refractivity contribution >= 4 is 7.12 Å². The van der Waals surface area contributed by atoms with Crippen molar-refractivity contribution in [3.8, 4) is 0 Å². The van der Waals surface area contributed by atoms with Crippen molar-refractivity contribution < 1.29 is 14.0 Å². The maximum Gasteiger partial charge on any atom is 0.490 e. The molecule has 1 saturated heterocycles. The van der Waals surface area contributed by atoms with Crippen LogP contribution in [0.5, 0.6) is 0 Å². The maximum absolute atomic E-state index is 6.05. The fourth-order valence-corrected chi connectivity index (χ4v) is 2.32. The highest BCUT2D eigenvalue weighted by Gasteiger charge is 2.52. The monoisotopic (exact) mass is 238 g/mol. The third-order valence-corrected chi connectivity index (χ3v) is 3.97. The summed E-state index contributed by atoms with van der Waals surface area (Å²) in [5.41, 5.74) is 0.696. The van der Waals surface area contributed by atoms with E-state index in [1.807, 2.05) is 0 Å². The summed E-state index contributed by atoms with van der Waals surface area (Å²) in [4.78, 5) is 0. The minimum Gasteiger partial charge on any atom is -0.400 e. The molecule has 0 aliphatic carbocycles. The SMILES string of the molecule is C[C@@H]1CC(B2OC(C)(C)C(C)(C)O2)=C[C@H](C)O1. The summed E-state index contributed by atoms with van der Waals surface area (Å²) in [6.07, 6.45) is 3.40. The highest BCUT2D eigenvalue weighted by molar-refractivity contribution is 6.54. The Hall–Kier alpha value is -0.315. The fraction of sp³-hybridized carbons (Fsp3) is 0.846. The van der Waals surface area contributed by atoms with Gasteiger partial charge in [-0.3, -0.25) is 0 Å². The Balaban J connectivity index is 2.16. The van der Waals surface area contributed by atoms with Gasteiger partial charge in [0.2, 0.25) is 0 Å². The Bertz CT molecular complexity index is 320. The van der Waals surface area contributed by atoms with Crippen LogP contribution in [0.4, 0.5) is 0 Å². The van der Waals surface area contributed by atoms with Gasteiger partial charge in [0, 0.05) is 0 Å². The first-order valence-electron chi connectivity index (χ1n) is 6.43. The van der Waals surface area contributed by atoms with E-state index in [0.29, 0.717) is 0 Å². The van der Waals surface area contributed by atoms with Gasteiger partial charge in [0.1, 0.15) is 0 Å². The largest absolute Gasteiger partial charge is 0.490 e. The molecule has 0 spiro atoms. The molecule has 2 aliphatic heterocycles. The molecule has 0 bridgehead atoms. The molecular formula is C13H23BO3. The van der Waals surface area contributed by atoms with Gasteiger partial charge in [0.25, 0.3) is 0 Å². The van der Waals surface area contributed by atoms with Gasteiger partial charge in [-0.15, -0.1) is 0 Å². The third-order valence-electron chi connectivity index (χ3n) is 3.97. The highest BCUT2D eigenvalue weighted by atomic mass is 16.7. The fourth-order valence-electron chi connectivity index (χ4n) is 2.32. The van der Waals surface area contributed by atoms with Crippen LogP contribution in [-0.4, -0.2) is 30.5 Å². The lowest BCUT2D eigenvalue weighted by Gasteiger charge is -2.32. The van der Waals surface area contributed by atoms with E-state index in [4.69, 9.17) is 14.0 Å². The summed E-state index contributed by atoms with van der Waals surface area (Å²) in [6.45, 7) is 12.5. The smallest absolute Gasteiger partial charge is 0.400 e. The Morgan fingerprint density at radius 1 is 1.12 bits per heavy atom. The number of hydrogen-bond donors (Lipinski definition) is 0. The molecule has 2 aliphatic rings. The van der Waals surface area contributed by atoms with Crippen LogP contribution in [0.2, 0.25) is 0 Å². The molecule has 1 fully saturated rings. The normalized spacial score (nSPS) is 35.9. The van der Waals surface area contributed by atoms with Crippen molar-refractivity contribution in [2.24, 2.45) is 0 Å². The van der Waals surface area contributed by atoms with E-state index < -0.39 is 0 Å². The predicted octanol–water partition coefficient (Wildman–Crippen LogP) is 2.74. The number of hydrogen-bond acceptors (Lipinski definition) is 3. The van der Waals surface area contributed by atoms with Crippen LogP contribution in [0.15, 0.2) is 11.5 Å². The van der Waals surface area contributed by atoms with Crippen LogP contribution in [-0.2, 0) is 14.0 Å². The van der Waals surface area contributed by atoms with Crippen molar-refractivity contribution in [1.29, 1.82) is 0 Å². The lowest BCUT2D eigenvalue weighted by molar-refractivity contribution is 0.00578. The average molecular weight is 238 g/mol. The van der Waals surface area contributed by atoms with E-state index in [1.165, 1.54) is 5.47 Å². The molecule has 0 aromatic heterocycles. The van der Waals surface area contributed by atoms with Crippen LogP contribution in [0.1, 0.15) is 48.0 Å². The Labute approximate surface area is 105 Å². The van der Waals surface area contributed by atoms with Gasteiger partial charge in [0.05, 0.1) is 23.4 Å². The molecule has 0 N–H and O–H groups in total. The summed E-state index contributed by atoms with van der Waals surface area (Å²) in [5, 5.41) is 0. The van der Waals surface area contributed by atoms with E-state index in [1.54, 1.807) is 0 Å². The maximum atomic E-state index is 6.05. The van der Waals surface area contributed by atoms with E-state index >= 15 is 0 Å². The molecule has 0 saturated carbocycles. The lowest BCUT2D eigenvalue weighted by atomic mass is 9.73. The summed E-state index contributed by atoms with van der Waals surface area (Å²) < 4.78 is 17.8. The van der Waals surface area contributed by atoms with Crippen molar-refractivity contribution in [3.05, 3.63) is 11.5 Å². The zero-order valence-corrected chi connectivity index (χ0v) is 11.7. The van der Waals surface area contributed by atoms with Gasteiger partial charge in [-0.1, -0.05) is 6.08 Å². The average Bonchev–Trinajstić information content (AvgIpc) is 2.34. The first kappa shape index (κ1) is 13.1. The van der Waals surface area contributed by atoms with Gasteiger partial charge >= 0.3 is 7.12 Å². The van der Waals surface area contributed by atoms with E-state index in [9.17, 15) is 0 Å². The van der Waals surface area contributed by atoms with Crippen LogP contribution in [0.25, 0.3) is 0 Å². The molecule has 2 heterocycles. The van der Waals surface area contributed by atoms with Crippen molar-refractivity contribution in [1.82, 2.24) is 0 Å². The molecular weight excluding hydrogens is 215 g/mol. The lowest BCUT2D eigenvalue weighted by Crippen LogP contribution is -2.41. The second kappa shape index (κ2) is 4.11. The second-order valence-electron chi connectivity index (χ2n) is 6.19. The van der Waals surface area contributed by atoms with E-state index in [2.05, 4.69) is 47.6 Å². The van der Waals surface area contributed by atoms with E-state index in [0.717, 1.165) is 6.42 Å². The van der Waals surface area contributed by atoms with Crippen molar-refractivity contribution in [2.75, 3.05) is 0 Å². The first-order chi connectivity index (χ1) is 7.71. The standard InChI is InChI=1S/C13H23BO3/c1-9-7-11(8-10(2)15-9)14-16-12(3,4)13(5,6)17-14/h7,9-10H,8H2,1-6H3/t9-,10+/m0/s1. The summed E-state index contributed by atoms with van der Waals surface area (Å²) in [5.74, 6) is 0. The molecule has 96 valence electrons. The van der Waals surface area contributed by atoms with Crippen LogP contribution in [0.3, 0.4) is 0 Å². The third kappa shape index (κ3) is 2.44. The van der Waals surface area contributed by atoms with Gasteiger partial charge in [-0.05, 0) is 53.4 Å². The van der Waals surface area contributed by atoms with E-state index in [-0.39, 0.29) is 30.5 Å². The summed E-state index contributed by atoms with van der Waals surface area (Å²) in [6, 6.07) is 0. The van der Waals surface area contributed by atoms with Gasteiger partial charge < -0.3 is 14.0 Å². The van der Waals surface area contributed by atoms with Gasteiger partial charge in [-0.25, -0.2) is 0 Å². The molecule has 0 radical (unpaired) electrons. The predicted molar refractivity (Wildman–Crippen MR) is 68.8 cm³/mol. The summed E-state index contributed by atoms with van der Waals surface area (Å²) in [7, 11) is -0.214. The Kier molecular flexibility index (Phi) is 3.17. The van der Waals surface area contributed by atoms with Crippen LogP contribution in [0, 0.1) is 0 Å². The van der Waals surface area contributed by atoms with Crippen molar-refractivity contribution in [3.63, 3.8) is 0 Å². The molecule has 0 aromatic carbocycles. The Morgan fingerprint density at radius 3 is 2.12 bits per heavy atom. The highest BCUT2D eigenvalue weighted by Crippen LogP contribution is 2.40. The zero-order valence-electron chi connectivity index (χ0n) is 11.7. The summed E-state index contributed by atoms with van der Waals surface area (Å²) >= 11 is 0. The van der Waals surface area contributed by atoms with Gasteiger partial charge in [0.15, 0.2) is 0 Å². The minimum absolute atomic E-state index is 0.146. The molecule has 4 heteroatoms. The number of rotatable bonds is 1. The second-order valence-corrected chi connectivity index (χ2v) is 6.19. The van der Waals surface area contributed by atoms with Crippen LogP contribution < -0.4 is 0 Å². The molecule has 3 nitrogen and oxygen atoms in total. The molecule has 2 atom stereocenters. The Morgan fingerprint density at radius 2 is 1.65 bits per heavy atom. The first-order valence-corrected chi connectivity index (χ1v) is 6.43. The minimum atomic E-state index is -0.261. The topological polar surface area (TPSA) is 27.7 Å². The zero-order chi connectivity index (χ0) is 12.8. The molecule has 2 rings (SSSR count).